The maximum absolute atomic E-state index is 12.2. The lowest BCUT2D eigenvalue weighted by Crippen LogP contribution is -2.31. The molecule has 1 aliphatic heterocycles. The molecule has 1 atom stereocenters. The van der Waals surface area contributed by atoms with Gasteiger partial charge < -0.3 is 10.6 Å². The van der Waals surface area contributed by atoms with Crippen molar-refractivity contribution in [2.75, 3.05) is 13.1 Å². The van der Waals surface area contributed by atoms with Crippen LogP contribution in [0, 0.1) is 13.8 Å². The van der Waals surface area contributed by atoms with Crippen LogP contribution < -0.4 is 5.73 Å². The largest absolute Gasteiger partial charge is 0.337 e. The van der Waals surface area contributed by atoms with Crippen molar-refractivity contribution in [1.29, 1.82) is 0 Å². The Kier molecular flexibility index (Phi) is 2.97. The lowest BCUT2D eigenvalue weighted by Gasteiger charge is -2.16. The van der Waals surface area contributed by atoms with Crippen LogP contribution in [0.1, 0.15) is 27.9 Å². The fourth-order valence-electron chi connectivity index (χ4n) is 2.25. The van der Waals surface area contributed by atoms with Gasteiger partial charge in [0, 0.05) is 24.7 Å². The smallest absolute Gasteiger partial charge is 0.253 e. The summed E-state index contributed by atoms with van der Waals surface area (Å²) in [7, 11) is 0. The Bertz CT molecular complexity index is 394. The molecule has 1 saturated heterocycles. The first-order chi connectivity index (χ1) is 7.56. The highest BCUT2D eigenvalue weighted by Gasteiger charge is 2.24. The molecule has 3 nitrogen and oxygen atoms in total. The van der Waals surface area contributed by atoms with E-state index < -0.39 is 0 Å². The highest BCUT2D eigenvalue weighted by atomic mass is 16.2. The van der Waals surface area contributed by atoms with E-state index in [9.17, 15) is 4.79 Å². The molecule has 2 N–H and O–H groups in total. The number of aryl methyl sites for hydroxylation is 2. The minimum absolute atomic E-state index is 0.111. The summed E-state index contributed by atoms with van der Waals surface area (Å²) < 4.78 is 0. The second-order valence-electron chi connectivity index (χ2n) is 4.68. The molecule has 0 bridgehead atoms. The molecule has 1 aliphatic rings. The van der Waals surface area contributed by atoms with E-state index in [1.807, 2.05) is 30.9 Å². The number of hydrogen-bond acceptors (Lipinski definition) is 2. The zero-order valence-corrected chi connectivity index (χ0v) is 9.86. The molecule has 0 unspecified atom stereocenters. The molecule has 16 heavy (non-hydrogen) atoms. The maximum atomic E-state index is 12.2. The van der Waals surface area contributed by atoms with Crippen molar-refractivity contribution in [3.05, 3.63) is 34.9 Å². The molecule has 1 aromatic rings. The van der Waals surface area contributed by atoms with Crippen molar-refractivity contribution in [3.8, 4) is 0 Å². The number of nitrogens with zero attached hydrogens (tertiary/aromatic N) is 1. The summed E-state index contributed by atoms with van der Waals surface area (Å²) in [6, 6.07) is 6.11. The van der Waals surface area contributed by atoms with Gasteiger partial charge in [0.05, 0.1) is 0 Å². The molecule has 0 saturated carbocycles. The van der Waals surface area contributed by atoms with Crippen LogP contribution in [0.15, 0.2) is 18.2 Å². The first-order valence-electron chi connectivity index (χ1n) is 5.69. The predicted octanol–water partition coefficient (Wildman–Crippen LogP) is 1.48. The Hall–Kier alpha value is -1.35. The summed E-state index contributed by atoms with van der Waals surface area (Å²) in [5, 5.41) is 0. The maximum Gasteiger partial charge on any atom is 0.253 e. The Labute approximate surface area is 96.2 Å². The van der Waals surface area contributed by atoms with Crippen LogP contribution in [0.25, 0.3) is 0 Å². The van der Waals surface area contributed by atoms with E-state index in [2.05, 4.69) is 6.07 Å². The number of benzene rings is 1. The lowest BCUT2D eigenvalue weighted by atomic mass is 10.1. The van der Waals surface area contributed by atoms with Crippen molar-refractivity contribution in [3.63, 3.8) is 0 Å². The van der Waals surface area contributed by atoms with E-state index in [1.165, 1.54) is 0 Å². The normalized spacial score (nSPS) is 20.2. The summed E-state index contributed by atoms with van der Waals surface area (Å²) >= 11 is 0. The average molecular weight is 218 g/mol. The van der Waals surface area contributed by atoms with Crippen molar-refractivity contribution < 1.29 is 4.79 Å². The van der Waals surface area contributed by atoms with Gasteiger partial charge in [-0.25, -0.2) is 0 Å². The number of carbonyl (C=O) groups excluding carboxylic acids is 1. The van der Waals surface area contributed by atoms with E-state index >= 15 is 0 Å². The van der Waals surface area contributed by atoms with Gasteiger partial charge >= 0.3 is 0 Å². The zero-order chi connectivity index (χ0) is 11.7. The molecule has 0 aliphatic carbocycles. The molecule has 1 aromatic carbocycles. The van der Waals surface area contributed by atoms with Crippen LogP contribution in [0.2, 0.25) is 0 Å². The third-order valence-electron chi connectivity index (χ3n) is 2.98. The predicted molar refractivity (Wildman–Crippen MR) is 64.4 cm³/mol. The number of hydrogen-bond donors (Lipinski definition) is 1. The van der Waals surface area contributed by atoms with Gasteiger partial charge in [-0.3, -0.25) is 4.79 Å². The fourth-order valence-corrected chi connectivity index (χ4v) is 2.25. The second-order valence-corrected chi connectivity index (χ2v) is 4.68. The third-order valence-corrected chi connectivity index (χ3v) is 2.98. The topological polar surface area (TPSA) is 46.3 Å². The Morgan fingerprint density at radius 3 is 2.44 bits per heavy atom. The van der Waals surface area contributed by atoms with E-state index in [0.717, 1.165) is 29.7 Å². The van der Waals surface area contributed by atoms with E-state index in [-0.39, 0.29) is 11.9 Å². The van der Waals surface area contributed by atoms with Gasteiger partial charge in [0.15, 0.2) is 0 Å². The minimum atomic E-state index is 0.111. The standard InChI is InChI=1S/C13H18N2O/c1-9-5-10(2)7-11(6-9)13(16)15-4-3-12(14)8-15/h5-7,12H,3-4,8,14H2,1-2H3/t12-/m0/s1. The van der Waals surface area contributed by atoms with E-state index in [4.69, 9.17) is 5.73 Å². The average Bonchev–Trinajstić information content (AvgIpc) is 2.62. The number of amides is 1. The number of nitrogens with two attached hydrogens (primary N) is 1. The molecule has 3 heteroatoms. The first-order valence-corrected chi connectivity index (χ1v) is 5.69. The zero-order valence-electron chi connectivity index (χ0n) is 9.86. The summed E-state index contributed by atoms with van der Waals surface area (Å²) in [4.78, 5) is 14.0. The monoisotopic (exact) mass is 218 g/mol. The second kappa shape index (κ2) is 4.26. The van der Waals surface area contributed by atoms with Gasteiger partial charge in [0.2, 0.25) is 0 Å². The Morgan fingerprint density at radius 1 is 1.31 bits per heavy atom. The van der Waals surface area contributed by atoms with Crippen molar-refractivity contribution in [1.82, 2.24) is 4.90 Å². The Morgan fingerprint density at radius 2 is 1.94 bits per heavy atom. The molecule has 1 amide bonds. The number of likely N-dealkylation sites (tertiary alicyclic amines) is 1. The van der Waals surface area contributed by atoms with Crippen LogP contribution in [-0.4, -0.2) is 29.9 Å². The molecule has 0 spiro atoms. The summed E-state index contributed by atoms with van der Waals surface area (Å²) in [6.07, 6.45) is 0.913. The highest BCUT2D eigenvalue weighted by Crippen LogP contribution is 2.15. The van der Waals surface area contributed by atoms with Crippen molar-refractivity contribution in [2.24, 2.45) is 5.73 Å². The van der Waals surface area contributed by atoms with Crippen molar-refractivity contribution in [2.45, 2.75) is 26.3 Å². The fraction of sp³-hybridized carbons (Fsp3) is 0.462. The molecule has 1 heterocycles. The Balaban J connectivity index is 2.20. The first kappa shape index (κ1) is 11.1. The SMILES string of the molecule is Cc1cc(C)cc(C(=O)N2CC[C@H](N)C2)c1. The summed E-state index contributed by atoms with van der Waals surface area (Å²) in [5.41, 5.74) is 8.85. The van der Waals surface area contributed by atoms with Crippen molar-refractivity contribution >= 4 is 5.91 Å². The van der Waals surface area contributed by atoms with Gasteiger partial charge in [-0.15, -0.1) is 0 Å². The molecular weight excluding hydrogens is 200 g/mol. The molecule has 2 rings (SSSR count). The van der Waals surface area contributed by atoms with E-state index in [1.54, 1.807) is 0 Å². The quantitative estimate of drug-likeness (QED) is 0.776. The van der Waals surface area contributed by atoms with Crippen LogP contribution in [0.5, 0.6) is 0 Å². The summed E-state index contributed by atoms with van der Waals surface area (Å²) in [5.74, 6) is 0.111. The molecule has 0 radical (unpaired) electrons. The van der Waals surface area contributed by atoms with Crippen LogP contribution in [0.3, 0.4) is 0 Å². The van der Waals surface area contributed by atoms with Gasteiger partial charge in [0.1, 0.15) is 0 Å². The number of carbonyl (C=O) groups is 1. The van der Waals surface area contributed by atoms with Crippen LogP contribution in [0.4, 0.5) is 0 Å². The van der Waals surface area contributed by atoms with Gasteiger partial charge in [-0.2, -0.15) is 0 Å². The van der Waals surface area contributed by atoms with Crippen LogP contribution in [-0.2, 0) is 0 Å². The van der Waals surface area contributed by atoms with Crippen LogP contribution >= 0.6 is 0 Å². The highest BCUT2D eigenvalue weighted by molar-refractivity contribution is 5.94. The lowest BCUT2D eigenvalue weighted by molar-refractivity contribution is 0.0790. The minimum Gasteiger partial charge on any atom is -0.337 e. The molecule has 86 valence electrons. The van der Waals surface area contributed by atoms with Gasteiger partial charge in [-0.05, 0) is 32.4 Å². The molecule has 1 fully saturated rings. The van der Waals surface area contributed by atoms with Gasteiger partial charge in [-0.1, -0.05) is 17.2 Å². The third kappa shape index (κ3) is 2.25. The molecular formula is C13H18N2O. The van der Waals surface area contributed by atoms with Gasteiger partial charge in [0.25, 0.3) is 5.91 Å². The number of rotatable bonds is 1. The summed E-state index contributed by atoms with van der Waals surface area (Å²) in [6.45, 7) is 5.50. The molecule has 0 aromatic heterocycles. The van der Waals surface area contributed by atoms with E-state index in [0.29, 0.717) is 6.54 Å².